The van der Waals surface area contributed by atoms with E-state index in [1.54, 1.807) is 31.3 Å². The van der Waals surface area contributed by atoms with E-state index >= 15 is 0 Å². The first-order valence-corrected chi connectivity index (χ1v) is 7.67. The van der Waals surface area contributed by atoms with Crippen molar-refractivity contribution in [3.8, 4) is 11.5 Å². The molecule has 0 N–H and O–H groups in total. The molecule has 0 unspecified atom stereocenters. The summed E-state index contributed by atoms with van der Waals surface area (Å²) >= 11 is 5.95. The summed E-state index contributed by atoms with van der Waals surface area (Å²) in [6.07, 6.45) is 1.07. The first kappa shape index (κ1) is 15.6. The highest BCUT2D eigenvalue weighted by Crippen LogP contribution is 2.30. The number of carbonyl (C=O) groups is 1. The lowest BCUT2D eigenvalue weighted by molar-refractivity contribution is -0.117. The summed E-state index contributed by atoms with van der Waals surface area (Å²) in [6, 6.07) is 9.16. The van der Waals surface area contributed by atoms with Crippen LogP contribution in [0.2, 0.25) is 5.15 Å². The van der Waals surface area contributed by atoms with Gasteiger partial charge in [-0.3, -0.25) is 9.69 Å². The van der Waals surface area contributed by atoms with Crippen molar-refractivity contribution in [2.75, 3.05) is 25.7 Å². The maximum Gasteiger partial charge on any atom is 0.232 e. The summed E-state index contributed by atoms with van der Waals surface area (Å²) in [7, 11) is 3.16. The molecule has 1 aliphatic rings. The third-order valence-electron chi connectivity index (χ3n) is 3.89. The topological polar surface area (TPSA) is 51.7 Å². The van der Waals surface area contributed by atoms with Gasteiger partial charge in [-0.25, -0.2) is 4.98 Å². The molecule has 0 saturated heterocycles. The molecule has 0 fully saturated rings. The molecular weight excluding hydrogens is 316 g/mol. The van der Waals surface area contributed by atoms with Gasteiger partial charge in [-0.05, 0) is 35.7 Å². The van der Waals surface area contributed by atoms with Gasteiger partial charge in [0.05, 0.1) is 20.6 Å². The normalized spacial score (nSPS) is 12.9. The van der Waals surface area contributed by atoms with Crippen LogP contribution in [0, 0.1) is 0 Å². The number of aromatic nitrogens is 1. The van der Waals surface area contributed by atoms with Gasteiger partial charge < -0.3 is 9.47 Å². The Hall–Kier alpha value is -2.27. The molecule has 0 radical (unpaired) electrons. The van der Waals surface area contributed by atoms with Crippen molar-refractivity contribution in [2.45, 2.75) is 12.8 Å². The number of nitrogens with zero attached hydrogens (tertiary/aromatic N) is 2. The Morgan fingerprint density at radius 1 is 1.22 bits per heavy atom. The van der Waals surface area contributed by atoms with Gasteiger partial charge >= 0.3 is 0 Å². The minimum atomic E-state index is -0.00858. The highest BCUT2D eigenvalue weighted by atomic mass is 35.5. The van der Waals surface area contributed by atoms with Crippen LogP contribution in [-0.4, -0.2) is 31.7 Å². The highest BCUT2D eigenvalue weighted by Gasteiger charge is 2.26. The van der Waals surface area contributed by atoms with Gasteiger partial charge in [0.1, 0.15) is 11.0 Å². The largest absolute Gasteiger partial charge is 0.493 e. The zero-order chi connectivity index (χ0) is 16.4. The first-order chi connectivity index (χ1) is 11.1. The lowest BCUT2D eigenvalue weighted by Gasteiger charge is -2.17. The number of carbonyl (C=O) groups excluding carboxylic acids is 1. The van der Waals surface area contributed by atoms with Crippen molar-refractivity contribution in [2.24, 2.45) is 0 Å². The van der Waals surface area contributed by atoms with Crippen molar-refractivity contribution in [3.63, 3.8) is 0 Å². The zero-order valence-electron chi connectivity index (χ0n) is 13.0. The molecule has 6 heteroatoms. The second-order valence-electron chi connectivity index (χ2n) is 5.28. The van der Waals surface area contributed by atoms with Crippen LogP contribution in [0.25, 0.3) is 0 Å². The van der Waals surface area contributed by atoms with Crippen molar-refractivity contribution >= 4 is 23.3 Å². The minimum Gasteiger partial charge on any atom is -0.493 e. The second-order valence-corrected chi connectivity index (χ2v) is 5.67. The first-order valence-electron chi connectivity index (χ1n) is 7.29. The van der Waals surface area contributed by atoms with Crippen LogP contribution in [0.5, 0.6) is 11.5 Å². The Balaban J connectivity index is 1.80. The van der Waals surface area contributed by atoms with Crippen LogP contribution in [0.4, 0.5) is 5.82 Å². The Morgan fingerprint density at radius 2 is 2.00 bits per heavy atom. The number of hydrogen-bond donors (Lipinski definition) is 0. The number of benzene rings is 1. The van der Waals surface area contributed by atoms with E-state index in [-0.39, 0.29) is 12.3 Å². The van der Waals surface area contributed by atoms with Gasteiger partial charge in [0.15, 0.2) is 11.5 Å². The number of rotatable bonds is 4. The van der Waals surface area contributed by atoms with Gasteiger partial charge in [0, 0.05) is 6.54 Å². The average Bonchev–Trinajstić information content (AvgIpc) is 2.97. The molecule has 0 aliphatic carbocycles. The SMILES string of the molecule is COc1ccc(CC(=O)N2CCc3ccc(Cl)nc32)cc1OC. The maximum atomic E-state index is 12.6. The molecule has 23 heavy (non-hydrogen) atoms. The van der Waals surface area contributed by atoms with Crippen LogP contribution < -0.4 is 14.4 Å². The lowest BCUT2D eigenvalue weighted by atomic mass is 10.1. The second kappa shape index (κ2) is 6.46. The number of anilines is 1. The van der Waals surface area contributed by atoms with Gasteiger partial charge in [0.25, 0.3) is 0 Å². The van der Waals surface area contributed by atoms with Gasteiger partial charge in [-0.1, -0.05) is 23.7 Å². The number of ether oxygens (including phenoxy) is 2. The summed E-state index contributed by atoms with van der Waals surface area (Å²) in [5.41, 5.74) is 1.91. The number of fused-ring (bicyclic) bond motifs is 1. The van der Waals surface area contributed by atoms with Crippen molar-refractivity contribution < 1.29 is 14.3 Å². The summed E-state index contributed by atoms with van der Waals surface area (Å²) in [4.78, 5) is 18.6. The molecule has 3 rings (SSSR count). The fraction of sp³-hybridized carbons (Fsp3) is 0.294. The molecule has 1 aliphatic heterocycles. The molecule has 120 valence electrons. The van der Waals surface area contributed by atoms with Crippen molar-refractivity contribution in [1.29, 1.82) is 0 Å². The zero-order valence-corrected chi connectivity index (χ0v) is 13.8. The predicted molar refractivity (Wildman–Crippen MR) is 88.6 cm³/mol. The number of halogens is 1. The summed E-state index contributed by atoms with van der Waals surface area (Å²) in [6.45, 7) is 0.634. The Labute approximate surface area is 139 Å². The van der Waals surface area contributed by atoms with E-state index in [2.05, 4.69) is 4.98 Å². The van der Waals surface area contributed by atoms with Crippen molar-refractivity contribution in [3.05, 3.63) is 46.6 Å². The molecule has 0 atom stereocenters. The molecule has 2 heterocycles. The smallest absolute Gasteiger partial charge is 0.232 e. The van der Waals surface area contributed by atoms with E-state index in [0.717, 1.165) is 17.5 Å². The summed E-state index contributed by atoms with van der Waals surface area (Å²) < 4.78 is 10.5. The predicted octanol–water partition coefficient (Wildman–Crippen LogP) is 2.88. The van der Waals surface area contributed by atoms with E-state index in [9.17, 15) is 4.79 Å². The van der Waals surface area contributed by atoms with Crippen LogP contribution >= 0.6 is 11.6 Å². The maximum absolute atomic E-state index is 12.6. The van der Waals surface area contributed by atoms with Gasteiger partial charge in [-0.2, -0.15) is 0 Å². The molecular formula is C17H17ClN2O3. The lowest BCUT2D eigenvalue weighted by Crippen LogP contribution is -2.31. The molecule has 1 aromatic heterocycles. The molecule has 5 nitrogen and oxygen atoms in total. The van der Waals surface area contributed by atoms with Crippen LogP contribution in [0.1, 0.15) is 11.1 Å². The highest BCUT2D eigenvalue weighted by molar-refractivity contribution is 6.29. The molecule has 0 saturated carbocycles. The Kier molecular flexibility index (Phi) is 4.39. The van der Waals surface area contributed by atoms with E-state index in [1.165, 1.54) is 0 Å². The number of pyridine rings is 1. The monoisotopic (exact) mass is 332 g/mol. The minimum absolute atomic E-state index is 0.00858. The molecule has 1 aromatic carbocycles. The number of hydrogen-bond acceptors (Lipinski definition) is 4. The molecule has 1 amide bonds. The van der Waals surface area contributed by atoms with Crippen LogP contribution in [-0.2, 0) is 17.6 Å². The summed E-state index contributed by atoms with van der Waals surface area (Å²) in [5, 5.41) is 0.398. The number of methoxy groups -OCH3 is 2. The van der Waals surface area contributed by atoms with E-state index < -0.39 is 0 Å². The fourth-order valence-electron chi connectivity index (χ4n) is 2.72. The van der Waals surface area contributed by atoms with E-state index in [0.29, 0.717) is 29.0 Å². The number of amides is 1. The van der Waals surface area contributed by atoms with Crippen molar-refractivity contribution in [1.82, 2.24) is 4.98 Å². The summed E-state index contributed by atoms with van der Waals surface area (Å²) in [5.74, 6) is 1.91. The van der Waals surface area contributed by atoms with Crippen LogP contribution in [0.3, 0.4) is 0 Å². The van der Waals surface area contributed by atoms with Gasteiger partial charge in [0.2, 0.25) is 5.91 Å². The average molecular weight is 333 g/mol. The molecule has 2 aromatic rings. The molecule has 0 bridgehead atoms. The van der Waals surface area contributed by atoms with Gasteiger partial charge in [-0.15, -0.1) is 0 Å². The third-order valence-corrected chi connectivity index (χ3v) is 4.10. The quantitative estimate of drug-likeness (QED) is 0.808. The third kappa shape index (κ3) is 3.10. The Morgan fingerprint density at radius 3 is 2.74 bits per heavy atom. The molecule has 0 spiro atoms. The van der Waals surface area contributed by atoms with E-state index in [4.69, 9.17) is 21.1 Å². The standard InChI is InChI=1S/C17H17ClN2O3/c1-22-13-5-3-11(9-14(13)23-2)10-16(21)20-8-7-12-4-6-15(18)19-17(12)20/h3-6,9H,7-8,10H2,1-2H3. The Bertz CT molecular complexity index is 749. The van der Waals surface area contributed by atoms with E-state index in [1.807, 2.05) is 18.2 Å². The fourth-order valence-corrected chi connectivity index (χ4v) is 2.87. The van der Waals surface area contributed by atoms with Crippen LogP contribution in [0.15, 0.2) is 30.3 Å².